The van der Waals surface area contributed by atoms with Gasteiger partial charge in [0.05, 0.1) is 11.7 Å². The molecule has 1 saturated carbocycles. The number of hydrogen-bond acceptors (Lipinski definition) is 1. The van der Waals surface area contributed by atoms with E-state index in [1.165, 1.54) is 25.7 Å². The molecule has 0 atom stereocenters. The van der Waals surface area contributed by atoms with E-state index in [4.69, 9.17) is 4.74 Å². The first-order valence-corrected chi connectivity index (χ1v) is 4.26. The van der Waals surface area contributed by atoms with Crippen LogP contribution in [0.1, 0.15) is 46.5 Å². The minimum absolute atomic E-state index is 0.0645. The average Bonchev–Trinajstić information content (AvgIpc) is 2.12. The lowest BCUT2D eigenvalue weighted by molar-refractivity contribution is -0.0558. The van der Waals surface area contributed by atoms with Crippen LogP contribution < -0.4 is 0 Å². The number of rotatable bonds is 1. The summed E-state index contributed by atoms with van der Waals surface area (Å²) in [5.74, 6) is 0. The summed E-state index contributed by atoms with van der Waals surface area (Å²) in [5, 5.41) is 0. The van der Waals surface area contributed by atoms with E-state index in [-0.39, 0.29) is 5.60 Å². The fraction of sp³-hybridized carbons (Fsp3) is 1.00. The van der Waals surface area contributed by atoms with Gasteiger partial charge in [0.2, 0.25) is 0 Å². The molecule has 0 aromatic carbocycles. The van der Waals surface area contributed by atoms with Crippen molar-refractivity contribution >= 4 is 0 Å². The minimum atomic E-state index is 0.0645. The van der Waals surface area contributed by atoms with Gasteiger partial charge in [-0.15, -0.1) is 0 Å². The van der Waals surface area contributed by atoms with Gasteiger partial charge in [-0.2, -0.15) is 0 Å². The summed E-state index contributed by atoms with van der Waals surface area (Å²) in [6, 6.07) is 0. The maximum absolute atomic E-state index is 5.80. The van der Waals surface area contributed by atoms with Gasteiger partial charge in [0.1, 0.15) is 0 Å². The molecule has 1 fully saturated rings. The highest BCUT2D eigenvalue weighted by Gasteiger charge is 2.21. The molecule has 1 aliphatic rings. The van der Waals surface area contributed by atoms with Crippen LogP contribution in [0.5, 0.6) is 0 Å². The van der Waals surface area contributed by atoms with E-state index in [1.54, 1.807) is 0 Å². The van der Waals surface area contributed by atoms with Crippen LogP contribution in [0.3, 0.4) is 0 Å². The van der Waals surface area contributed by atoms with Crippen LogP contribution in [0.4, 0.5) is 0 Å². The largest absolute Gasteiger partial charge is 0.373 e. The van der Waals surface area contributed by atoms with Crippen molar-refractivity contribution in [3.05, 3.63) is 0 Å². The number of ether oxygens (including phenoxy) is 1. The Morgan fingerprint density at radius 1 is 1.10 bits per heavy atom. The summed E-state index contributed by atoms with van der Waals surface area (Å²) in [4.78, 5) is 0. The molecule has 0 aliphatic heterocycles. The fourth-order valence-corrected chi connectivity index (χ4v) is 1.51. The zero-order valence-corrected chi connectivity index (χ0v) is 7.31. The van der Waals surface area contributed by atoms with Gasteiger partial charge in [0.25, 0.3) is 0 Å². The third-order valence-corrected chi connectivity index (χ3v) is 1.82. The molecule has 1 rings (SSSR count). The standard InChI is InChI=1S/C9H18O/c1-9(2,3)10-8-6-4-5-7-8/h8H,4-7H2,1-3H3. The number of hydrogen-bond donors (Lipinski definition) is 0. The maximum atomic E-state index is 5.80. The Labute approximate surface area is 63.8 Å². The lowest BCUT2D eigenvalue weighted by atomic mass is 10.2. The average molecular weight is 142 g/mol. The van der Waals surface area contributed by atoms with Crippen molar-refractivity contribution in [2.45, 2.75) is 58.2 Å². The summed E-state index contributed by atoms with van der Waals surface area (Å²) in [6.45, 7) is 6.39. The van der Waals surface area contributed by atoms with Crippen LogP contribution in [0, 0.1) is 0 Å². The van der Waals surface area contributed by atoms with Crippen molar-refractivity contribution < 1.29 is 4.74 Å². The minimum Gasteiger partial charge on any atom is -0.373 e. The SMILES string of the molecule is CC(C)(C)OC1CCCC1. The van der Waals surface area contributed by atoms with Crippen LogP contribution in [0.15, 0.2) is 0 Å². The second-order valence-electron chi connectivity index (χ2n) is 4.14. The summed E-state index contributed by atoms with van der Waals surface area (Å²) in [5.41, 5.74) is 0.0645. The Hall–Kier alpha value is -0.0400. The molecule has 0 saturated heterocycles. The Morgan fingerprint density at radius 3 is 2.00 bits per heavy atom. The first-order chi connectivity index (χ1) is 4.58. The van der Waals surface area contributed by atoms with Crippen LogP contribution in [0.2, 0.25) is 0 Å². The van der Waals surface area contributed by atoms with Gasteiger partial charge in [-0.3, -0.25) is 0 Å². The van der Waals surface area contributed by atoms with Gasteiger partial charge >= 0.3 is 0 Å². The van der Waals surface area contributed by atoms with Crippen molar-refractivity contribution in [2.24, 2.45) is 0 Å². The molecule has 0 bridgehead atoms. The van der Waals surface area contributed by atoms with Gasteiger partial charge in [-0.05, 0) is 33.6 Å². The van der Waals surface area contributed by atoms with Gasteiger partial charge in [-0.25, -0.2) is 0 Å². The zero-order valence-electron chi connectivity index (χ0n) is 7.31. The smallest absolute Gasteiger partial charge is 0.0602 e. The molecule has 0 N–H and O–H groups in total. The quantitative estimate of drug-likeness (QED) is 0.547. The van der Waals surface area contributed by atoms with E-state index in [2.05, 4.69) is 20.8 Å². The first kappa shape index (κ1) is 8.06. The molecule has 10 heavy (non-hydrogen) atoms. The van der Waals surface area contributed by atoms with Crippen LogP contribution in [-0.2, 0) is 4.74 Å². The van der Waals surface area contributed by atoms with Gasteiger partial charge in [0.15, 0.2) is 0 Å². The van der Waals surface area contributed by atoms with Crippen molar-refractivity contribution in [3.8, 4) is 0 Å². The van der Waals surface area contributed by atoms with Crippen LogP contribution in [0.25, 0.3) is 0 Å². The molecule has 0 aromatic rings. The van der Waals surface area contributed by atoms with Gasteiger partial charge in [-0.1, -0.05) is 12.8 Å². The van der Waals surface area contributed by atoms with E-state index < -0.39 is 0 Å². The molecular formula is C9H18O. The van der Waals surface area contributed by atoms with Crippen molar-refractivity contribution in [3.63, 3.8) is 0 Å². The predicted molar refractivity (Wildman–Crippen MR) is 43.1 cm³/mol. The molecule has 0 spiro atoms. The summed E-state index contributed by atoms with van der Waals surface area (Å²) in [6.07, 6.45) is 5.83. The van der Waals surface area contributed by atoms with E-state index in [9.17, 15) is 0 Å². The molecule has 0 unspecified atom stereocenters. The lowest BCUT2D eigenvalue weighted by Crippen LogP contribution is -2.25. The summed E-state index contributed by atoms with van der Waals surface area (Å²) >= 11 is 0. The second-order valence-corrected chi connectivity index (χ2v) is 4.14. The Balaban J connectivity index is 2.24. The summed E-state index contributed by atoms with van der Waals surface area (Å²) in [7, 11) is 0. The molecule has 0 amide bonds. The zero-order chi connectivity index (χ0) is 7.61. The van der Waals surface area contributed by atoms with Crippen molar-refractivity contribution in [2.75, 3.05) is 0 Å². The summed E-state index contributed by atoms with van der Waals surface area (Å²) < 4.78 is 5.80. The molecule has 1 nitrogen and oxygen atoms in total. The third-order valence-electron chi connectivity index (χ3n) is 1.82. The Bertz CT molecular complexity index is 95.8. The van der Waals surface area contributed by atoms with Gasteiger partial charge in [0, 0.05) is 0 Å². The highest BCUT2D eigenvalue weighted by atomic mass is 16.5. The van der Waals surface area contributed by atoms with E-state index >= 15 is 0 Å². The molecule has 0 heterocycles. The molecular weight excluding hydrogens is 124 g/mol. The fourth-order valence-electron chi connectivity index (χ4n) is 1.51. The Morgan fingerprint density at radius 2 is 1.60 bits per heavy atom. The monoisotopic (exact) mass is 142 g/mol. The van der Waals surface area contributed by atoms with Gasteiger partial charge < -0.3 is 4.74 Å². The molecule has 0 aromatic heterocycles. The lowest BCUT2D eigenvalue weighted by Gasteiger charge is -2.24. The second kappa shape index (κ2) is 2.91. The Kier molecular flexibility index (Phi) is 2.35. The molecule has 0 radical (unpaired) electrons. The normalized spacial score (nSPS) is 21.9. The molecule has 1 aliphatic carbocycles. The van der Waals surface area contributed by atoms with Crippen LogP contribution >= 0.6 is 0 Å². The molecule has 60 valence electrons. The highest BCUT2D eigenvalue weighted by Crippen LogP contribution is 2.25. The molecule has 1 heteroatoms. The third kappa shape index (κ3) is 2.70. The van der Waals surface area contributed by atoms with Crippen molar-refractivity contribution in [1.29, 1.82) is 0 Å². The topological polar surface area (TPSA) is 9.23 Å². The first-order valence-electron chi connectivity index (χ1n) is 4.26. The highest BCUT2D eigenvalue weighted by molar-refractivity contribution is 4.71. The predicted octanol–water partition coefficient (Wildman–Crippen LogP) is 2.74. The van der Waals surface area contributed by atoms with E-state index in [1.807, 2.05) is 0 Å². The maximum Gasteiger partial charge on any atom is 0.0602 e. The van der Waals surface area contributed by atoms with E-state index in [0.29, 0.717) is 6.10 Å². The van der Waals surface area contributed by atoms with Crippen LogP contribution in [-0.4, -0.2) is 11.7 Å². The van der Waals surface area contributed by atoms with E-state index in [0.717, 1.165) is 0 Å². The van der Waals surface area contributed by atoms with Crippen molar-refractivity contribution in [1.82, 2.24) is 0 Å².